The van der Waals surface area contributed by atoms with Crippen LogP contribution < -0.4 is 0 Å². The molecule has 2 atom stereocenters. The topological polar surface area (TPSA) is 41.8 Å². The molecule has 0 bridgehead atoms. The Kier molecular flexibility index (Phi) is 3.76. The quantitative estimate of drug-likeness (QED) is 0.928. The van der Waals surface area contributed by atoms with Gasteiger partial charge < -0.3 is 9.94 Å². The van der Waals surface area contributed by atoms with Crippen molar-refractivity contribution in [1.82, 2.24) is 0 Å². The first-order chi connectivity index (χ1) is 10.2. The molecule has 21 heavy (non-hydrogen) atoms. The summed E-state index contributed by atoms with van der Waals surface area (Å²) in [6, 6.07) is 19.7. The highest BCUT2D eigenvalue weighted by Gasteiger charge is 2.37. The van der Waals surface area contributed by atoms with Gasteiger partial charge in [0.05, 0.1) is 11.8 Å². The van der Waals surface area contributed by atoms with Gasteiger partial charge in [0, 0.05) is 12.8 Å². The Morgan fingerprint density at radius 1 is 1.10 bits per heavy atom. The van der Waals surface area contributed by atoms with Crippen LogP contribution in [-0.4, -0.2) is 16.4 Å². The molecule has 1 heterocycles. The van der Waals surface area contributed by atoms with Gasteiger partial charge in [-0.15, -0.1) is 0 Å². The van der Waals surface area contributed by atoms with Gasteiger partial charge in [-0.05, 0) is 18.1 Å². The molecule has 1 N–H and O–H groups in total. The van der Waals surface area contributed by atoms with E-state index in [9.17, 15) is 5.11 Å². The summed E-state index contributed by atoms with van der Waals surface area (Å²) in [6.45, 7) is 2.00. The molecule has 3 nitrogen and oxygen atoms in total. The lowest BCUT2D eigenvalue weighted by atomic mass is 9.89. The zero-order valence-corrected chi connectivity index (χ0v) is 12.1. The fourth-order valence-electron chi connectivity index (χ4n) is 2.68. The van der Waals surface area contributed by atoms with E-state index in [0.717, 1.165) is 16.8 Å². The first kappa shape index (κ1) is 13.8. The van der Waals surface area contributed by atoms with Crippen LogP contribution in [0.2, 0.25) is 0 Å². The van der Waals surface area contributed by atoms with Crippen molar-refractivity contribution >= 4 is 5.71 Å². The highest BCUT2D eigenvalue weighted by molar-refractivity contribution is 6.01. The van der Waals surface area contributed by atoms with Gasteiger partial charge in [0.2, 0.25) is 0 Å². The Bertz CT molecular complexity index is 624. The van der Waals surface area contributed by atoms with Crippen LogP contribution in [0.15, 0.2) is 65.8 Å². The molecule has 3 heteroatoms. The van der Waals surface area contributed by atoms with Gasteiger partial charge in [-0.1, -0.05) is 65.8 Å². The molecule has 0 aliphatic carbocycles. The highest BCUT2D eigenvalue weighted by Crippen LogP contribution is 2.34. The second-order valence-corrected chi connectivity index (χ2v) is 5.75. The maximum Gasteiger partial charge on any atom is 0.143 e. The van der Waals surface area contributed by atoms with Crippen LogP contribution >= 0.6 is 0 Å². The molecule has 1 aliphatic heterocycles. The average molecular weight is 281 g/mol. The molecule has 2 aromatic rings. The Labute approximate surface area is 124 Å². The Hall–Kier alpha value is -2.13. The van der Waals surface area contributed by atoms with Crippen molar-refractivity contribution < 1.29 is 9.94 Å². The van der Waals surface area contributed by atoms with E-state index in [-0.39, 0.29) is 0 Å². The molecule has 0 radical (unpaired) electrons. The minimum atomic E-state index is -0.540. The lowest BCUT2D eigenvalue weighted by Crippen LogP contribution is -2.27. The monoisotopic (exact) mass is 281 g/mol. The van der Waals surface area contributed by atoms with E-state index in [2.05, 4.69) is 5.16 Å². The summed E-state index contributed by atoms with van der Waals surface area (Å²) in [4.78, 5) is 5.63. The summed E-state index contributed by atoms with van der Waals surface area (Å²) in [7, 11) is 0. The van der Waals surface area contributed by atoms with Crippen molar-refractivity contribution in [2.45, 2.75) is 31.5 Å². The standard InChI is InChI=1S/C18H19NO2/c1-18(13-17(20)15-10-6-3-7-11-15)12-16(19-21-18)14-8-4-2-5-9-14/h2-11,17,20H,12-13H2,1H3. The van der Waals surface area contributed by atoms with Gasteiger partial charge in [0.1, 0.15) is 5.60 Å². The summed E-state index contributed by atoms with van der Waals surface area (Å²) in [5.74, 6) is 0. The van der Waals surface area contributed by atoms with Gasteiger partial charge >= 0.3 is 0 Å². The third kappa shape index (κ3) is 3.14. The lowest BCUT2D eigenvalue weighted by Gasteiger charge is -2.24. The second kappa shape index (κ2) is 5.70. The number of hydrogen-bond donors (Lipinski definition) is 1. The number of hydrogen-bond acceptors (Lipinski definition) is 3. The molecule has 108 valence electrons. The molecule has 0 aromatic heterocycles. The predicted molar refractivity (Wildman–Crippen MR) is 83.1 cm³/mol. The number of nitrogens with zero attached hydrogens (tertiary/aromatic N) is 1. The molecule has 1 aliphatic rings. The predicted octanol–water partition coefficient (Wildman–Crippen LogP) is 3.69. The van der Waals surface area contributed by atoms with E-state index in [4.69, 9.17) is 4.84 Å². The van der Waals surface area contributed by atoms with Crippen molar-refractivity contribution in [3.8, 4) is 0 Å². The normalized spacial score (nSPS) is 22.5. The smallest absolute Gasteiger partial charge is 0.143 e. The number of aliphatic hydroxyl groups excluding tert-OH is 1. The van der Waals surface area contributed by atoms with E-state index in [1.807, 2.05) is 67.6 Å². The van der Waals surface area contributed by atoms with E-state index in [1.165, 1.54) is 0 Å². The van der Waals surface area contributed by atoms with Crippen LogP contribution in [0.4, 0.5) is 0 Å². The van der Waals surface area contributed by atoms with E-state index >= 15 is 0 Å². The highest BCUT2D eigenvalue weighted by atomic mass is 16.7. The van der Waals surface area contributed by atoms with Crippen LogP contribution in [0.5, 0.6) is 0 Å². The molecule has 2 aromatic carbocycles. The number of benzene rings is 2. The van der Waals surface area contributed by atoms with Crippen LogP contribution in [0.3, 0.4) is 0 Å². The van der Waals surface area contributed by atoms with Gasteiger partial charge in [-0.2, -0.15) is 0 Å². The van der Waals surface area contributed by atoms with Gasteiger partial charge in [-0.3, -0.25) is 0 Å². The maximum atomic E-state index is 10.4. The van der Waals surface area contributed by atoms with Gasteiger partial charge in [0.25, 0.3) is 0 Å². The summed E-state index contributed by atoms with van der Waals surface area (Å²) >= 11 is 0. The van der Waals surface area contributed by atoms with Crippen molar-refractivity contribution in [2.75, 3.05) is 0 Å². The Morgan fingerprint density at radius 3 is 2.38 bits per heavy atom. The summed E-state index contributed by atoms with van der Waals surface area (Å²) in [6.07, 6.45) is 0.694. The fourth-order valence-corrected chi connectivity index (χ4v) is 2.68. The van der Waals surface area contributed by atoms with Crippen LogP contribution in [-0.2, 0) is 4.84 Å². The third-order valence-electron chi connectivity index (χ3n) is 3.83. The molecule has 3 rings (SSSR count). The van der Waals surface area contributed by atoms with Crippen molar-refractivity contribution in [3.05, 3.63) is 71.8 Å². The average Bonchev–Trinajstić information content (AvgIpc) is 2.91. The molecule has 0 saturated heterocycles. The molecular formula is C18H19NO2. The molecule has 2 unspecified atom stereocenters. The van der Waals surface area contributed by atoms with E-state index in [0.29, 0.717) is 12.8 Å². The number of aliphatic hydroxyl groups is 1. The zero-order valence-electron chi connectivity index (χ0n) is 12.1. The maximum absolute atomic E-state index is 10.4. The van der Waals surface area contributed by atoms with Gasteiger partial charge in [0.15, 0.2) is 0 Å². The Balaban J connectivity index is 1.68. The first-order valence-electron chi connectivity index (χ1n) is 7.20. The Morgan fingerprint density at radius 2 is 1.71 bits per heavy atom. The van der Waals surface area contributed by atoms with Crippen molar-refractivity contribution in [2.24, 2.45) is 5.16 Å². The minimum absolute atomic E-state index is 0.458. The second-order valence-electron chi connectivity index (χ2n) is 5.75. The van der Waals surface area contributed by atoms with Crippen LogP contribution in [0, 0.1) is 0 Å². The third-order valence-corrected chi connectivity index (χ3v) is 3.83. The van der Waals surface area contributed by atoms with Crippen LogP contribution in [0.1, 0.15) is 37.0 Å². The first-order valence-corrected chi connectivity index (χ1v) is 7.20. The largest absolute Gasteiger partial charge is 0.389 e. The molecule has 0 fully saturated rings. The SMILES string of the molecule is CC1(CC(O)c2ccccc2)CC(c2ccccc2)=NO1. The van der Waals surface area contributed by atoms with E-state index < -0.39 is 11.7 Å². The van der Waals surface area contributed by atoms with E-state index in [1.54, 1.807) is 0 Å². The summed E-state index contributed by atoms with van der Waals surface area (Å²) in [5, 5.41) is 14.6. The number of rotatable bonds is 4. The van der Waals surface area contributed by atoms with Gasteiger partial charge in [-0.25, -0.2) is 0 Å². The number of oxime groups is 1. The molecule has 0 spiro atoms. The molecular weight excluding hydrogens is 262 g/mol. The van der Waals surface area contributed by atoms with Crippen LogP contribution in [0.25, 0.3) is 0 Å². The van der Waals surface area contributed by atoms with Crippen molar-refractivity contribution in [1.29, 1.82) is 0 Å². The summed E-state index contributed by atoms with van der Waals surface area (Å²) < 4.78 is 0. The molecule has 0 amide bonds. The zero-order chi connectivity index (χ0) is 14.7. The summed E-state index contributed by atoms with van der Waals surface area (Å²) in [5.41, 5.74) is 2.48. The van der Waals surface area contributed by atoms with Crippen molar-refractivity contribution in [3.63, 3.8) is 0 Å². The minimum Gasteiger partial charge on any atom is -0.389 e. The lowest BCUT2D eigenvalue weighted by molar-refractivity contribution is -0.0395. The fraction of sp³-hybridized carbons (Fsp3) is 0.278. The molecule has 0 saturated carbocycles.